The topological polar surface area (TPSA) is 59.1 Å². The van der Waals surface area contributed by atoms with Gasteiger partial charge in [-0.2, -0.15) is 4.31 Å². The number of methoxy groups -OCH3 is 1. The molecule has 7 heteroatoms. The summed E-state index contributed by atoms with van der Waals surface area (Å²) >= 11 is 0. The van der Waals surface area contributed by atoms with Crippen molar-refractivity contribution in [1.82, 2.24) is 9.21 Å². The highest BCUT2D eigenvalue weighted by atomic mass is 32.2. The van der Waals surface area contributed by atoms with Crippen molar-refractivity contribution >= 4 is 10.0 Å². The van der Waals surface area contributed by atoms with Gasteiger partial charge in [0.25, 0.3) is 0 Å². The van der Waals surface area contributed by atoms with Crippen LogP contribution in [-0.2, 0) is 19.5 Å². The molecule has 2 heterocycles. The van der Waals surface area contributed by atoms with Gasteiger partial charge in [0.15, 0.2) is 0 Å². The lowest BCUT2D eigenvalue weighted by atomic mass is 9.77. The van der Waals surface area contributed by atoms with Crippen LogP contribution in [0, 0.1) is 12.3 Å². The molecule has 1 aromatic carbocycles. The molecular formula is C22H36N2O4S. The van der Waals surface area contributed by atoms with Crippen LogP contribution in [0.5, 0.6) is 0 Å². The molecule has 0 unspecified atom stereocenters. The smallest absolute Gasteiger partial charge is 0.243 e. The Balaban J connectivity index is 1.58. The van der Waals surface area contributed by atoms with Gasteiger partial charge in [-0.05, 0) is 57.1 Å². The van der Waals surface area contributed by atoms with Crippen LogP contribution in [0.4, 0.5) is 0 Å². The van der Waals surface area contributed by atoms with Gasteiger partial charge in [0.05, 0.1) is 24.2 Å². The van der Waals surface area contributed by atoms with Crippen molar-refractivity contribution in [3.05, 3.63) is 29.8 Å². The first-order valence-corrected chi connectivity index (χ1v) is 12.1. The van der Waals surface area contributed by atoms with E-state index < -0.39 is 10.0 Å². The van der Waals surface area contributed by atoms with E-state index in [9.17, 15) is 8.42 Å². The minimum Gasteiger partial charge on any atom is -0.383 e. The van der Waals surface area contributed by atoms with E-state index in [4.69, 9.17) is 9.47 Å². The molecule has 2 aliphatic rings. The van der Waals surface area contributed by atoms with E-state index in [2.05, 4.69) is 18.7 Å². The van der Waals surface area contributed by atoms with Gasteiger partial charge in [0.2, 0.25) is 10.0 Å². The third kappa shape index (κ3) is 5.20. The molecule has 0 aliphatic carbocycles. The van der Waals surface area contributed by atoms with E-state index in [0.717, 1.165) is 51.1 Å². The van der Waals surface area contributed by atoms with Gasteiger partial charge < -0.3 is 9.47 Å². The Morgan fingerprint density at radius 2 is 1.97 bits per heavy atom. The van der Waals surface area contributed by atoms with E-state index in [-0.39, 0.29) is 11.5 Å². The van der Waals surface area contributed by atoms with Crippen LogP contribution in [0.3, 0.4) is 0 Å². The quantitative estimate of drug-likeness (QED) is 0.642. The third-order valence-corrected chi connectivity index (χ3v) is 8.59. The average Bonchev–Trinajstić information content (AvgIpc) is 3.07. The first-order valence-electron chi connectivity index (χ1n) is 10.7. The molecule has 6 nitrogen and oxygen atoms in total. The van der Waals surface area contributed by atoms with Crippen LogP contribution in [0.2, 0.25) is 0 Å². The number of hydrogen-bond acceptors (Lipinski definition) is 5. The summed E-state index contributed by atoms with van der Waals surface area (Å²) in [5.74, 6) is 0. The summed E-state index contributed by atoms with van der Waals surface area (Å²) in [6.07, 6.45) is 2.97. The number of hydrogen-bond donors (Lipinski definition) is 0. The van der Waals surface area contributed by atoms with Crippen LogP contribution in [0.15, 0.2) is 29.2 Å². The average molecular weight is 425 g/mol. The highest BCUT2D eigenvalue weighted by Crippen LogP contribution is 2.43. The van der Waals surface area contributed by atoms with Crippen LogP contribution < -0.4 is 0 Å². The number of ether oxygens (including phenoxy) is 2. The van der Waals surface area contributed by atoms with Crippen molar-refractivity contribution in [2.75, 3.05) is 46.5 Å². The van der Waals surface area contributed by atoms with E-state index in [1.54, 1.807) is 23.5 Å². The molecule has 0 saturated carbocycles. The second-order valence-corrected chi connectivity index (χ2v) is 10.8. The molecule has 0 bridgehead atoms. The lowest BCUT2D eigenvalue weighted by Gasteiger charge is -2.38. The van der Waals surface area contributed by atoms with Crippen LogP contribution in [-0.4, -0.2) is 76.3 Å². The Morgan fingerprint density at radius 1 is 1.28 bits per heavy atom. The third-order valence-electron chi connectivity index (χ3n) is 6.53. The van der Waals surface area contributed by atoms with Gasteiger partial charge in [-0.1, -0.05) is 18.2 Å². The van der Waals surface area contributed by atoms with Gasteiger partial charge in [0, 0.05) is 39.3 Å². The lowest BCUT2D eigenvalue weighted by molar-refractivity contribution is 0.0420. The molecule has 0 N–H and O–H groups in total. The molecule has 164 valence electrons. The summed E-state index contributed by atoms with van der Waals surface area (Å²) < 4.78 is 39.2. The van der Waals surface area contributed by atoms with Crippen LogP contribution in [0.25, 0.3) is 0 Å². The largest absolute Gasteiger partial charge is 0.383 e. The molecule has 2 fully saturated rings. The highest BCUT2D eigenvalue weighted by molar-refractivity contribution is 7.89. The molecule has 2 saturated heterocycles. The first kappa shape index (κ1) is 22.7. The molecule has 0 aromatic heterocycles. The molecule has 0 amide bonds. The van der Waals surface area contributed by atoms with Gasteiger partial charge in [0.1, 0.15) is 0 Å². The predicted molar refractivity (Wildman–Crippen MR) is 115 cm³/mol. The molecule has 3 rings (SSSR count). The van der Waals surface area contributed by atoms with E-state index in [1.807, 2.05) is 19.1 Å². The fourth-order valence-corrected chi connectivity index (χ4v) is 6.24. The Morgan fingerprint density at radius 3 is 2.59 bits per heavy atom. The van der Waals surface area contributed by atoms with Gasteiger partial charge in [-0.3, -0.25) is 4.90 Å². The molecule has 1 spiro atoms. The van der Waals surface area contributed by atoms with Gasteiger partial charge in [-0.15, -0.1) is 0 Å². The summed E-state index contributed by atoms with van der Waals surface area (Å²) in [5, 5.41) is 0. The van der Waals surface area contributed by atoms with E-state index in [0.29, 0.717) is 24.0 Å². The number of aryl methyl sites for hydroxylation is 1. The van der Waals surface area contributed by atoms with Crippen molar-refractivity contribution in [1.29, 1.82) is 0 Å². The zero-order valence-corrected chi connectivity index (χ0v) is 19.1. The summed E-state index contributed by atoms with van der Waals surface area (Å²) in [7, 11) is -1.69. The number of benzene rings is 1. The Hall–Kier alpha value is -0.990. The maximum Gasteiger partial charge on any atom is 0.243 e. The summed E-state index contributed by atoms with van der Waals surface area (Å²) in [6, 6.07) is 7.70. The standard InChI is InChI=1S/C22H36N2O4S/c1-18(2)23(13-14-27-4)16-20-15-22(17-28-20)9-11-24(12-10-22)29(25,26)21-8-6-5-7-19(21)3/h5-8,18,20H,9-17H2,1-4H3/t20-/m1/s1. The monoisotopic (exact) mass is 424 g/mol. The van der Waals surface area contributed by atoms with Gasteiger partial charge in [-0.25, -0.2) is 8.42 Å². The molecule has 0 radical (unpaired) electrons. The molecule has 1 atom stereocenters. The second kappa shape index (κ2) is 9.43. The minimum atomic E-state index is -3.42. The SMILES string of the molecule is COCCN(C[C@H]1CC2(CCN(S(=O)(=O)c3ccccc3C)CC2)CO1)C(C)C. The van der Waals surface area contributed by atoms with Crippen LogP contribution in [0.1, 0.15) is 38.7 Å². The summed E-state index contributed by atoms with van der Waals surface area (Å²) in [6.45, 7) is 10.7. The minimum absolute atomic E-state index is 0.117. The highest BCUT2D eigenvalue weighted by Gasteiger charge is 2.44. The van der Waals surface area contributed by atoms with E-state index >= 15 is 0 Å². The van der Waals surface area contributed by atoms with Crippen molar-refractivity contribution in [2.24, 2.45) is 5.41 Å². The van der Waals surface area contributed by atoms with Crippen molar-refractivity contribution in [3.8, 4) is 0 Å². The predicted octanol–water partition coefficient (Wildman–Crippen LogP) is 2.91. The Kier molecular flexibility index (Phi) is 7.38. The Bertz CT molecular complexity index is 773. The maximum absolute atomic E-state index is 13.1. The van der Waals surface area contributed by atoms with E-state index in [1.165, 1.54) is 0 Å². The summed E-state index contributed by atoms with van der Waals surface area (Å²) in [4.78, 5) is 2.84. The first-order chi connectivity index (χ1) is 13.8. The Labute approximate surface area is 176 Å². The summed E-state index contributed by atoms with van der Waals surface area (Å²) in [5.41, 5.74) is 0.925. The number of sulfonamides is 1. The van der Waals surface area contributed by atoms with Crippen LogP contribution >= 0.6 is 0 Å². The normalized spacial score (nSPS) is 22.8. The van der Waals surface area contributed by atoms with Crippen molar-refractivity contribution < 1.29 is 17.9 Å². The number of rotatable bonds is 8. The molecule has 1 aromatic rings. The molecule has 29 heavy (non-hydrogen) atoms. The fraction of sp³-hybridized carbons (Fsp3) is 0.727. The lowest BCUT2D eigenvalue weighted by Crippen LogP contribution is -2.44. The zero-order chi connectivity index (χ0) is 21.1. The zero-order valence-electron chi connectivity index (χ0n) is 18.3. The molecular weight excluding hydrogens is 388 g/mol. The number of piperidine rings is 1. The second-order valence-electron chi connectivity index (χ2n) is 8.89. The van der Waals surface area contributed by atoms with Crippen molar-refractivity contribution in [2.45, 2.75) is 57.1 Å². The van der Waals surface area contributed by atoms with Crippen molar-refractivity contribution in [3.63, 3.8) is 0 Å². The maximum atomic E-state index is 13.1. The van der Waals surface area contributed by atoms with Gasteiger partial charge >= 0.3 is 0 Å². The fourth-order valence-electron chi connectivity index (χ4n) is 4.58. The number of nitrogens with zero attached hydrogens (tertiary/aromatic N) is 2. The molecule has 2 aliphatic heterocycles.